The molecule has 2 N–H and O–H groups in total. The molecule has 0 saturated heterocycles. The normalized spacial score (nSPS) is 14.9. The highest BCUT2D eigenvalue weighted by molar-refractivity contribution is 6.30. The summed E-state index contributed by atoms with van der Waals surface area (Å²) in [4.78, 5) is 25.7. The predicted molar refractivity (Wildman–Crippen MR) is 124 cm³/mol. The Morgan fingerprint density at radius 1 is 1.12 bits per heavy atom. The van der Waals surface area contributed by atoms with E-state index in [1.54, 1.807) is 18.5 Å². The van der Waals surface area contributed by atoms with Crippen LogP contribution in [0.1, 0.15) is 61.4 Å². The molecule has 2 heterocycles. The molecule has 2 aliphatic carbocycles. The number of amides is 1. The van der Waals surface area contributed by atoms with E-state index >= 15 is 0 Å². The van der Waals surface area contributed by atoms with Gasteiger partial charge in [-0.3, -0.25) is 9.78 Å². The molecule has 8 heteroatoms. The van der Waals surface area contributed by atoms with Gasteiger partial charge in [-0.25, -0.2) is 14.4 Å². The van der Waals surface area contributed by atoms with E-state index in [0.717, 1.165) is 31.2 Å². The summed E-state index contributed by atoms with van der Waals surface area (Å²) in [5, 5.41) is 6.66. The number of rotatable bonds is 6. The monoisotopic (exact) mass is 453 g/mol. The second kappa shape index (κ2) is 9.61. The van der Waals surface area contributed by atoms with Gasteiger partial charge in [0.05, 0.1) is 16.8 Å². The Morgan fingerprint density at radius 2 is 1.91 bits per heavy atom. The van der Waals surface area contributed by atoms with Crippen molar-refractivity contribution in [2.24, 2.45) is 0 Å². The molecule has 6 nitrogen and oxygen atoms in total. The van der Waals surface area contributed by atoms with Crippen LogP contribution in [0.25, 0.3) is 11.4 Å². The fraction of sp³-hybridized carbons (Fsp3) is 0.333. The van der Waals surface area contributed by atoms with Gasteiger partial charge < -0.3 is 10.6 Å². The molecule has 1 amide bonds. The van der Waals surface area contributed by atoms with Crippen molar-refractivity contribution in [1.29, 1.82) is 0 Å². The van der Waals surface area contributed by atoms with Crippen LogP contribution in [0.2, 0.25) is 5.02 Å². The molecular weight excluding hydrogens is 429 g/mol. The summed E-state index contributed by atoms with van der Waals surface area (Å²) >= 11 is 6.04. The van der Waals surface area contributed by atoms with Crippen LogP contribution in [0.4, 0.5) is 15.9 Å². The fourth-order valence-electron chi connectivity index (χ4n) is 3.29. The first kappa shape index (κ1) is 22.1. The Kier molecular flexibility index (Phi) is 6.65. The van der Waals surface area contributed by atoms with Crippen molar-refractivity contribution < 1.29 is 9.18 Å². The van der Waals surface area contributed by atoms with Crippen LogP contribution < -0.4 is 10.6 Å². The average molecular weight is 454 g/mol. The Morgan fingerprint density at radius 3 is 2.62 bits per heavy atom. The van der Waals surface area contributed by atoms with E-state index in [1.165, 1.54) is 24.4 Å². The van der Waals surface area contributed by atoms with Crippen LogP contribution in [0.5, 0.6) is 0 Å². The number of hydrogen-bond acceptors (Lipinski definition) is 5. The minimum absolute atomic E-state index is 0.170. The van der Waals surface area contributed by atoms with E-state index in [-0.39, 0.29) is 23.3 Å². The van der Waals surface area contributed by atoms with Crippen molar-refractivity contribution in [3.8, 4) is 11.4 Å². The topological polar surface area (TPSA) is 79.8 Å². The smallest absolute Gasteiger partial charge is 0.255 e. The number of halogens is 2. The van der Waals surface area contributed by atoms with E-state index in [2.05, 4.69) is 25.6 Å². The standard InChI is InChI=1S/C22H19ClFN5O.C2H6/c23-13-3-6-18(24)15(9-13)20-26-11-16(12-1-2-12)21(29-20)28-19-7-8-25-10-17(19)22(30)27-14-4-5-14;1-2/h3,6-12,14H,1-2,4-5H2,(H,27,30)(H,25,26,28,29);1-2H3. The molecule has 3 aromatic rings. The van der Waals surface area contributed by atoms with Gasteiger partial charge in [0.15, 0.2) is 5.82 Å². The molecule has 0 radical (unpaired) electrons. The van der Waals surface area contributed by atoms with Crippen molar-refractivity contribution in [3.05, 3.63) is 64.8 Å². The highest BCUT2D eigenvalue weighted by Crippen LogP contribution is 2.43. The molecule has 166 valence electrons. The third-order valence-electron chi connectivity index (χ3n) is 5.23. The highest BCUT2D eigenvalue weighted by Gasteiger charge is 2.29. The van der Waals surface area contributed by atoms with Gasteiger partial charge in [0.25, 0.3) is 5.91 Å². The van der Waals surface area contributed by atoms with E-state index in [9.17, 15) is 9.18 Å². The van der Waals surface area contributed by atoms with E-state index < -0.39 is 5.82 Å². The maximum absolute atomic E-state index is 14.4. The molecule has 5 rings (SSSR count). The van der Waals surface area contributed by atoms with Crippen LogP contribution >= 0.6 is 11.6 Å². The number of nitrogens with one attached hydrogen (secondary N) is 2. The third kappa shape index (κ3) is 5.05. The molecule has 2 fully saturated rings. The second-order valence-electron chi connectivity index (χ2n) is 7.69. The van der Waals surface area contributed by atoms with Crippen LogP contribution in [-0.2, 0) is 0 Å². The Hall–Kier alpha value is -3.06. The largest absolute Gasteiger partial charge is 0.349 e. The summed E-state index contributed by atoms with van der Waals surface area (Å²) in [5.74, 6) is 0.541. The number of pyridine rings is 1. The molecule has 2 aromatic heterocycles. The Labute approximate surface area is 191 Å². The molecular formula is C24H25ClFN5O. The van der Waals surface area contributed by atoms with Crippen molar-refractivity contribution in [3.63, 3.8) is 0 Å². The lowest BCUT2D eigenvalue weighted by atomic mass is 10.1. The zero-order valence-electron chi connectivity index (χ0n) is 18.0. The van der Waals surface area contributed by atoms with E-state index in [4.69, 9.17) is 11.6 Å². The number of hydrogen-bond donors (Lipinski definition) is 2. The first-order chi connectivity index (χ1) is 15.6. The van der Waals surface area contributed by atoms with Gasteiger partial charge in [0.2, 0.25) is 0 Å². The van der Waals surface area contributed by atoms with E-state index in [1.807, 2.05) is 13.8 Å². The molecule has 0 bridgehead atoms. The number of nitrogens with zero attached hydrogens (tertiary/aromatic N) is 3. The average Bonchev–Trinajstić information content (AvgIpc) is 3.72. The summed E-state index contributed by atoms with van der Waals surface area (Å²) in [6.07, 6.45) is 8.99. The Balaban J connectivity index is 0.00000119. The first-order valence-corrected chi connectivity index (χ1v) is 11.3. The van der Waals surface area contributed by atoms with Crippen molar-refractivity contribution in [1.82, 2.24) is 20.3 Å². The van der Waals surface area contributed by atoms with Crippen LogP contribution in [0.3, 0.4) is 0 Å². The summed E-state index contributed by atoms with van der Waals surface area (Å²) in [7, 11) is 0. The molecule has 1 aromatic carbocycles. The SMILES string of the molecule is CC.O=C(NC1CC1)c1cnccc1Nc1nc(-c2cc(Cl)ccc2F)ncc1C1CC1. The maximum atomic E-state index is 14.4. The van der Waals surface area contributed by atoms with Crippen LogP contribution in [0.15, 0.2) is 42.9 Å². The second-order valence-corrected chi connectivity index (χ2v) is 8.13. The summed E-state index contributed by atoms with van der Waals surface area (Å²) in [5.41, 5.74) is 2.22. The van der Waals surface area contributed by atoms with Gasteiger partial charge in [-0.05, 0) is 55.9 Å². The van der Waals surface area contributed by atoms with Gasteiger partial charge in [0, 0.05) is 35.2 Å². The number of carbonyl (C=O) groups excluding carboxylic acids is 1. The summed E-state index contributed by atoms with van der Waals surface area (Å²) in [6.45, 7) is 4.00. The predicted octanol–water partition coefficient (Wildman–Crippen LogP) is 5.87. The molecule has 0 atom stereocenters. The van der Waals surface area contributed by atoms with Gasteiger partial charge in [0.1, 0.15) is 11.6 Å². The number of anilines is 2. The van der Waals surface area contributed by atoms with Crippen molar-refractivity contribution >= 4 is 29.0 Å². The number of carbonyl (C=O) groups is 1. The minimum Gasteiger partial charge on any atom is -0.349 e. The summed E-state index contributed by atoms with van der Waals surface area (Å²) < 4.78 is 14.4. The van der Waals surface area contributed by atoms with Gasteiger partial charge in [-0.1, -0.05) is 25.4 Å². The molecule has 2 saturated carbocycles. The third-order valence-corrected chi connectivity index (χ3v) is 5.47. The lowest BCUT2D eigenvalue weighted by Gasteiger charge is -2.15. The van der Waals surface area contributed by atoms with Crippen molar-refractivity contribution in [2.45, 2.75) is 51.5 Å². The first-order valence-electron chi connectivity index (χ1n) is 10.9. The summed E-state index contributed by atoms with van der Waals surface area (Å²) in [6, 6.07) is 6.27. The number of aromatic nitrogens is 3. The quantitative estimate of drug-likeness (QED) is 0.487. The van der Waals surface area contributed by atoms with Crippen LogP contribution in [0, 0.1) is 5.82 Å². The van der Waals surface area contributed by atoms with Crippen LogP contribution in [-0.4, -0.2) is 26.9 Å². The minimum atomic E-state index is -0.446. The molecule has 0 spiro atoms. The zero-order valence-corrected chi connectivity index (χ0v) is 18.8. The maximum Gasteiger partial charge on any atom is 0.255 e. The van der Waals surface area contributed by atoms with Gasteiger partial charge in [-0.15, -0.1) is 0 Å². The zero-order chi connectivity index (χ0) is 22.7. The Bertz CT molecular complexity index is 1130. The van der Waals surface area contributed by atoms with E-state index in [0.29, 0.717) is 28.0 Å². The van der Waals surface area contributed by atoms with Gasteiger partial charge >= 0.3 is 0 Å². The van der Waals surface area contributed by atoms with Crippen molar-refractivity contribution in [2.75, 3.05) is 5.32 Å². The molecule has 32 heavy (non-hydrogen) atoms. The highest BCUT2D eigenvalue weighted by atomic mass is 35.5. The lowest BCUT2D eigenvalue weighted by Crippen LogP contribution is -2.26. The molecule has 0 unspecified atom stereocenters. The lowest BCUT2D eigenvalue weighted by molar-refractivity contribution is 0.0951. The number of benzene rings is 1. The fourth-order valence-corrected chi connectivity index (χ4v) is 3.46. The molecule has 0 aliphatic heterocycles. The molecule has 2 aliphatic rings. The van der Waals surface area contributed by atoms with Gasteiger partial charge in [-0.2, -0.15) is 0 Å².